The molecule has 20 heteroatoms. The van der Waals surface area contributed by atoms with E-state index in [1.165, 1.54) is 52.7 Å². The van der Waals surface area contributed by atoms with Crippen molar-refractivity contribution in [3.05, 3.63) is 35.9 Å². The Hall–Kier alpha value is -5.79. The molecule has 0 radical (unpaired) electrons. The van der Waals surface area contributed by atoms with Gasteiger partial charge in [-0.25, -0.2) is 0 Å². The average molecular weight is 1060 g/mol. The number of benzene rings is 1. The van der Waals surface area contributed by atoms with Gasteiger partial charge in [-0.1, -0.05) is 127 Å². The van der Waals surface area contributed by atoms with Crippen molar-refractivity contribution in [2.45, 2.75) is 165 Å². The number of likely N-dealkylation sites (N-methyl/N-ethyl adjacent to an activating group) is 6. The summed E-state index contributed by atoms with van der Waals surface area (Å²) in [5.41, 5.74) is 11.7. The molecular weight excluding hydrogens is 957 g/mol. The molecule has 0 fully saturated rings. The monoisotopic (exact) mass is 1050 g/mol. The van der Waals surface area contributed by atoms with Gasteiger partial charge in [0.05, 0.1) is 6.04 Å². The van der Waals surface area contributed by atoms with Gasteiger partial charge in [0.15, 0.2) is 5.96 Å². The number of amides is 8. The number of unbranched alkanes of at least 4 members (excludes halogenated alkanes) is 1. The van der Waals surface area contributed by atoms with E-state index in [0.717, 1.165) is 5.56 Å². The molecule has 1 aromatic carbocycles. The second kappa shape index (κ2) is 31.3. The van der Waals surface area contributed by atoms with Crippen molar-refractivity contribution in [2.75, 3.05) is 55.4 Å². The maximum absolute atomic E-state index is 14.9. The van der Waals surface area contributed by atoms with E-state index < -0.39 is 113 Å². The minimum atomic E-state index is -1.09. The fourth-order valence-corrected chi connectivity index (χ4v) is 9.68. The number of nitrogens with one attached hydrogen (secondary N) is 4. The highest BCUT2D eigenvalue weighted by molar-refractivity contribution is 5.98. The number of carbonyl (C=O) groups is 8. The maximum Gasteiger partial charge on any atom is 0.246 e. The first-order chi connectivity index (χ1) is 34.8. The van der Waals surface area contributed by atoms with Gasteiger partial charge in [0.25, 0.3) is 0 Å². The zero-order chi connectivity index (χ0) is 57.9. The fourth-order valence-electron chi connectivity index (χ4n) is 9.68. The van der Waals surface area contributed by atoms with Crippen LogP contribution in [0.15, 0.2) is 35.3 Å². The zero-order valence-electron chi connectivity index (χ0n) is 49.2. The van der Waals surface area contributed by atoms with Gasteiger partial charge in [-0.2, -0.15) is 0 Å². The molecule has 0 aliphatic heterocycles. The Labute approximate surface area is 449 Å². The van der Waals surface area contributed by atoms with Gasteiger partial charge < -0.3 is 57.2 Å². The standard InChI is InChI=1S/C55H98N12O8/c1-31(2)40(58-15)48(69)61-42(33(5)6)51(72)65(18)44(35(9)10)53(74)67(20)46(37(13)14)54(75)66(19)45(36(11)12)52(73)64(17)43(34(7)8)49(70)62-41(32(3)4)50(71)63(16)39(30-38-26-22-21-23-27-38)47(68)59-28-24-25-29-60-55(56)57/h21-23,26-27,31-37,39-46,58H,24-25,28-30H2,1-20H3,(H,59,68)(H,61,69)(H,62,70)(H4,56,57,60)/t39-,40-,41-,42-,43-,44-,45-,46-/m0/s1. The molecule has 0 aliphatic carbocycles. The van der Waals surface area contributed by atoms with E-state index >= 15 is 0 Å². The molecule has 0 bridgehead atoms. The predicted molar refractivity (Wildman–Crippen MR) is 296 cm³/mol. The van der Waals surface area contributed by atoms with E-state index in [-0.39, 0.29) is 36.0 Å². The van der Waals surface area contributed by atoms with Gasteiger partial charge >= 0.3 is 0 Å². The van der Waals surface area contributed by atoms with Crippen LogP contribution >= 0.6 is 0 Å². The fraction of sp³-hybridized carbons (Fsp3) is 0.727. The molecule has 75 heavy (non-hydrogen) atoms. The van der Waals surface area contributed by atoms with E-state index in [4.69, 9.17) is 11.5 Å². The van der Waals surface area contributed by atoms with Crippen molar-refractivity contribution in [1.82, 2.24) is 45.8 Å². The van der Waals surface area contributed by atoms with Crippen LogP contribution in [0.2, 0.25) is 0 Å². The minimum Gasteiger partial charge on any atom is -0.370 e. The second-order valence-corrected chi connectivity index (χ2v) is 22.5. The lowest BCUT2D eigenvalue weighted by Gasteiger charge is -2.42. The van der Waals surface area contributed by atoms with Crippen LogP contribution in [0.1, 0.15) is 115 Å². The number of guanidine groups is 1. The third-order valence-corrected chi connectivity index (χ3v) is 13.9. The third-order valence-electron chi connectivity index (χ3n) is 13.9. The van der Waals surface area contributed by atoms with Crippen molar-refractivity contribution in [3.63, 3.8) is 0 Å². The summed E-state index contributed by atoms with van der Waals surface area (Å²) in [4.78, 5) is 126. The Morgan fingerprint density at radius 2 is 0.840 bits per heavy atom. The van der Waals surface area contributed by atoms with E-state index in [1.54, 1.807) is 69.5 Å². The van der Waals surface area contributed by atoms with E-state index in [2.05, 4.69) is 26.3 Å². The van der Waals surface area contributed by atoms with Gasteiger partial charge in [-0.05, 0) is 66.9 Å². The normalized spacial score (nSPS) is 14.9. The summed E-state index contributed by atoms with van der Waals surface area (Å²) in [6, 6.07) is 1.55. The van der Waals surface area contributed by atoms with Crippen molar-refractivity contribution < 1.29 is 38.4 Å². The molecule has 0 saturated carbocycles. The smallest absolute Gasteiger partial charge is 0.246 e. The topological polar surface area (TPSA) is 265 Å². The Morgan fingerprint density at radius 1 is 0.467 bits per heavy atom. The zero-order valence-corrected chi connectivity index (χ0v) is 49.2. The first-order valence-corrected chi connectivity index (χ1v) is 26.8. The van der Waals surface area contributed by atoms with Crippen LogP contribution in [-0.2, 0) is 44.8 Å². The van der Waals surface area contributed by atoms with E-state index in [0.29, 0.717) is 25.9 Å². The molecule has 0 unspecified atom stereocenters. The Morgan fingerprint density at radius 3 is 1.21 bits per heavy atom. The van der Waals surface area contributed by atoms with Crippen LogP contribution in [0.4, 0.5) is 0 Å². The van der Waals surface area contributed by atoms with Crippen LogP contribution in [0.25, 0.3) is 0 Å². The summed E-state index contributed by atoms with van der Waals surface area (Å²) >= 11 is 0. The van der Waals surface area contributed by atoms with Gasteiger partial charge in [-0.15, -0.1) is 0 Å². The summed E-state index contributed by atoms with van der Waals surface area (Å²) < 4.78 is 0. The largest absolute Gasteiger partial charge is 0.370 e. The molecule has 8 amide bonds. The summed E-state index contributed by atoms with van der Waals surface area (Å²) in [6.07, 6.45) is 1.44. The van der Waals surface area contributed by atoms with Crippen molar-refractivity contribution in [3.8, 4) is 0 Å². The summed E-state index contributed by atoms with van der Waals surface area (Å²) in [5.74, 6) is -6.34. The lowest BCUT2D eigenvalue weighted by Crippen LogP contribution is -2.63. The summed E-state index contributed by atoms with van der Waals surface area (Å²) in [6.45, 7) is 26.1. The average Bonchev–Trinajstić information content (AvgIpc) is 3.31. The molecular formula is C55H98N12O8. The first kappa shape index (κ1) is 67.2. The Kier molecular flexibility index (Phi) is 28.1. The van der Waals surface area contributed by atoms with Gasteiger partial charge in [0.2, 0.25) is 47.3 Å². The molecule has 1 aromatic rings. The highest BCUT2D eigenvalue weighted by atomic mass is 16.2. The number of aliphatic imine (C=N–C) groups is 1. The molecule has 0 spiro atoms. The molecule has 8 atom stereocenters. The predicted octanol–water partition coefficient (Wildman–Crippen LogP) is 2.68. The molecule has 0 heterocycles. The lowest BCUT2D eigenvalue weighted by molar-refractivity contribution is -0.157. The lowest BCUT2D eigenvalue weighted by atomic mass is 9.93. The quantitative estimate of drug-likeness (QED) is 0.0371. The van der Waals surface area contributed by atoms with Crippen molar-refractivity contribution >= 4 is 53.2 Å². The SMILES string of the molecule is CN[C@H](C(=O)N[C@H](C(=O)N(C)[C@H](C(=O)N(C)[C@H](C(=O)N(C)[C@H](C(=O)N(C)[C@H](C(=O)N[C@H](C(=O)N(C)[C@@H](Cc1ccccc1)C(=O)NCCCCN=C(N)N)C(C)C)C(C)C)C(C)C)C(C)C)C(C)C)C(C)C)C(C)C. The molecule has 0 saturated heterocycles. The minimum absolute atomic E-state index is 0.00996. The number of nitrogens with two attached hydrogens (primary N) is 2. The van der Waals surface area contributed by atoms with Crippen LogP contribution in [0, 0.1) is 41.4 Å². The number of rotatable bonds is 30. The highest BCUT2D eigenvalue weighted by Gasteiger charge is 2.45. The number of hydrogen-bond acceptors (Lipinski definition) is 10. The van der Waals surface area contributed by atoms with E-state index in [9.17, 15) is 38.4 Å². The maximum atomic E-state index is 14.9. The second-order valence-electron chi connectivity index (χ2n) is 22.5. The molecule has 8 N–H and O–H groups in total. The first-order valence-electron chi connectivity index (χ1n) is 26.8. The van der Waals surface area contributed by atoms with Gasteiger partial charge in [-0.3, -0.25) is 43.3 Å². The highest BCUT2D eigenvalue weighted by Crippen LogP contribution is 2.25. The summed E-state index contributed by atoms with van der Waals surface area (Å²) in [5, 5.41) is 11.8. The molecule has 20 nitrogen and oxygen atoms in total. The summed E-state index contributed by atoms with van der Waals surface area (Å²) in [7, 11) is 9.28. The number of hydrogen-bond donors (Lipinski definition) is 6. The van der Waals surface area contributed by atoms with Crippen molar-refractivity contribution in [2.24, 2.45) is 57.9 Å². The molecule has 0 aliphatic rings. The van der Waals surface area contributed by atoms with Gasteiger partial charge in [0.1, 0.15) is 42.3 Å². The van der Waals surface area contributed by atoms with Crippen LogP contribution in [0.5, 0.6) is 0 Å². The van der Waals surface area contributed by atoms with Crippen molar-refractivity contribution in [1.29, 1.82) is 0 Å². The molecule has 426 valence electrons. The molecule has 0 aromatic heterocycles. The van der Waals surface area contributed by atoms with E-state index in [1.807, 2.05) is 71.9 Å². The number of carbonyl (C=O) groups excluding carboxylic acids is 8. The number of nitrogens with zero attached hydrogens (tertiary/aromatic N) is 6. The van der Waals surface area contributed by atoms with Crippen LogP contribution in [-0.4, -0.2) is 181 Å². The Balaban J connectivity index is 3.54. The van der Waals surface area contributed by atoms with Crippen LogP contribution in [0.3, 0.4) is 0 Å². The third kappa shape index (κ3) is 19.1. The molecule has 1 rings (SSSR count). The Bertz CT molecular complexity index is 2060. The van der Waals surface area contributed by atoms with Crippen LogP contribution < -0.4 is 32.7 Å². The van der Waals surface area contributed by atoms with Gasteiger partial charge in [0, 0.05) is 54.7 Å².